The molecule has 0 nitrogen and oxygen atoms in total. The van der Waals surface area contributed by atoms with Gasteiger partial charge in [-0.25, -0.2) is 0 Å². The molecule has 0 bridgehead atoms. The minimum absolute atomic E-state index is 0. The molecule has 0 fully saturated rings. The van der Waals surface area contributed by atoms with Gasteiger partial charge in [0.1, 0.15) is 0 Å². The Morgan fingerprint density at radius 2 is 0.286 bits per heavy atom. The maximum atomic E-state index is 0. The van der Waals surface area contributed by atoms with Crippen LogP contribution >= 0.6 is 0 Å². The van der Waals surface area contributed by atoms with E-state index in [0.29, 0.717) is 0 Å². The van der Waals surface area contributed by atoms with Crippen LogP contribution in [0.4, 0.5) is 0 Å². The molecule has 0 aromatic carbocycles. The van der Waals surface area contributed by atoms with Crippen molar-refractivity contribution in [3.63, 3.8) is 0 Å². The summed E-state index contributed by atoms with van der Waals surface area (Å²) in [5.74, 6) is 0. The van der Waals surface area contributed by atoms with Gasteiger partial charge in [0.15, 0.2) is 0 Å². The fourth-order valence-electron chi connectivity index (χ4n) is 0. The van der Waals surface area contributed by atoms with Crippen molar-refractivity contribution in [2.24, 2.45) is 0 Å². The average Bonchev–Trinajstić information content (AvgIpc) is 0. The Balaban J connectivity index is 0. The first-order valence-electron chi connectivity index (χ1n) is 0. The maximum absolute atomic E-state index is 0. The van der Waals surface area contributed by atoms with Crippen molar-refractivity contribution in [2.75, 3.05) is 0 Å². The summed E-state index contributed by atoms with van der Waals surface area (Å²) in [4.78, 5) is 0. The van der Waals surface area contributed by atoms with Gasteiger partial charge in [0.05, 0.1) is 0 Å². The molecule has 0 aliphatic heterocycles. The third kappa shape index (κ3) is 37.1. The van der Waals surface area contributed by atoms with E-state index in [1.807, 2.05) is 0 Å². The molecule has 0 aliphatic carbocycles. The van der Waals surface area contributed by atoms with Gasteiger partial charge in [-0.15, -0.1) is 0 Å². The molecule has 0 aliphatic rings. The van der Waals surface area contributed by atoms with Crippen molar-refractivity contribution in [3.8, 4) is 0 Å². The first kappa shape index (κ1) is 61.8. The molecule has 7 heavy (non-hydrogen) atoms. The maximum Gasteiger partial charge on any atom is 0 e. The number of rotatable bonds is 0. The molecule has 0 N–H and O–H groups in total. The van der Waals surface area contributed by atoms with Crippen LogP contribution in [0.15, 0.2) is 0 Å². The molecule has 0 radical (unpaired) electrons. The Morgan fingerprint density at radius 1 is 0.286 bits per heavy atom. The molecule has 0 rings (SSSR count). The average molecular weight is 678 g/mol. The quantitative estimate of drug-likeness (QED) is 0.252. The predicted octanol–water partition coefficient (Wildman–Crippen LogP) is -2.38. The summed E-state index contributed by atoms with van der Waals surface area (Å²) in [5.41, 5.74) is 0. The largest absolute Gasteiger partial charge is 0 e. The Kier molecular flexibility index (Phi) is 408. The minimum Gasteiger partial charge on any atom is 0 e. The molecular formula is H6Ga2Pd5. The SMILES string of the molecule is [GaH3].[GaH3].[Pd].[Pd].[Pd].[Pd].[Pd]. The first-order chi connectivity index (χ1) is 0. The summed E-state index contributed by atoms with van der Waals surface area (Å²) < 4.78 is 0. The molecule has 62 valence electrons. The van der Waals surface area contributed by atoms with Crippen LogP contribution in [0.3, 0.4) is 0 Å². The topological polar surface area (TPSA) is 0 Å². The summed E-state index contributed by atoms with van der Waals surface area (Å²) in [5, 5.41) is 0. The van der Waals surface area contributed by atoms with E-state index in [2.05, 4.69) is 0 Å². The van der Waals surface area contributed by atoms with Crippen LogP contribution in [0.1, 0.15) is 0 Å². The van der Waals surface area contributed by atoms with Gasteiger partial charge in [0, 0.05) is 102 Å². The van der Waals surface area contributed by atoms with E-state index in [9.17, 15) is 0 Å². The van der Waals surface area contributed by atoms with Crippen LogP contribution in [-0.4, -0.2) is 39.6 Å². The van der Waals surface area contributed by atoms with Crippen LogP contribution in [0, 0.1) is 0 Å². The molecule has 0 unspecified atom stereocenters. The van der Waals surface area contributed by atoms with Crippen molar-refractivity contribution in [2.45, 2.75) is 0 Å². The summed E-state index contributed by atoms with van der Waals surface area (Å²) >= 11 is 0. The van der Waals surface area contributed by atoms with Crippen LogP contribution in [0.2, 0.25) is 0 Å². The van der Waals surface area contributed by atoms with E-state index < -0.39 is 0 Å². The summed E-state index contributed by atoms with van der Waals surface area (Å²) in [6.07, 6.45) is 0. The van der Waals surface area contributed by atoms with E-state index in [-0.39, 0.29) is 142 Å². The molecule has 0 amide bonds. The Bertz CT molecular complexity index is 6.04. The van der Waals surface area contributed by atoms with E-state index in [0.717, 1.165) is 0 Å². The van der Waals surface area contributed by atoms with E-state index in [1.54, 1.807) is 0 Å². The molecular weight excluding hydrogens is 672 g/mol. The predicted molar refractivity (Wildman–Crippen MR) is 19.9 cm³/mol. The zero-order valence-corrected chi connectivity index (χ0v) is 9.35. The van der Waals surface area contributed by atoms with Crippen molar-refractivity contribution >= 4 is 39.6 Å². The van der Waals surface area contributed by atoms with Gasteiger partial charge < -0.3 is 0 Å². The molecule has 0 aromatic heterocycles. The van der Waals surface area contributed by atoms with E-state index in [4.69, 9.17) is 0 Å². The monoisotopic (exact) mass is 673 g/mol. The third-order valence-corrected chi connectivity index (χ3v) is 0. The van der Waals surface area contributed by atoms with Crippen molar-refractivity contribution < 1.29 is 102 Å². The summed E-state index contributed by atoms with van der Waals surface area (Å²) in [6.45, 7) is 0. The standard InChI is InChI=1S/2Ga.5Pd.6H. The van der Waals surface area contributed by atoms with E-state index in [1.165, 1.54) is 0 Å². The molecule has 0 saturated heterocycles. The Hall–Kier alpha value is 4.58. The molecule has 0 atom stereocenters. The van der Waals surface area contributed by atoms with Crippen LogP contribution in [-0.2, 0) is 102 Å². The smallest absolute Gasteiger partial charge is 0 e. The number of hydrogen-bond acceptors (Lipinski definition) is 0. The Labute approximate surface area is 139 Å². The molecule has 7 heteroatoms. The van der Waals surface area contributed by atoms with Crippen LogP contribution in [0.25, 0.3) is 0 Å². The van der Waals surface area contributed by atoms with Gasteiger partial charge in [-0.1, -0.05) is 0 Å². The fourth-order valence-corrected chi connectivity index (χ4v) is 0. The second-order valence-electron chi connectivity index (χ2n) is 0. The zero-order valence-electron chi connectivity index (χ0n) is 1.58. The van der Waals surface area contributed by atoms with E-state index >= 15 is 0 Å². The van der Waals surface area contributed by atoms with Crippen LogP contribution < -0.4 is 0 Å². The van der Waals surface area contributed by atoms with Gasteiger partial charge in [0.25, 0.3) is 0 Å². The van der Waals surface area contributed by atoms with Gasteiger partial charge >= 0.3 is 39.6 Å². The summed E-state index contributed by atoms with van der Waals surface area (Å²) in [7, 11) is 0. The second kappa shape index (κ2) is 46.3. The van der Waals surface area contributed by atoms with Crippen LogP contribution in [0.5, 0.6) is 0 Å². The van der Waals surface area contributed by atoms with Crippen molar-refractivity contribution in [1.82, 2.24) is 0 Å². The van der Waals surface area contributed by atoms with Crippen molar-refractivity contribution in [1.29, 1.82) is 0 Å². The molecule has 0 aromatic rings. The van der Waals surface area contributed by atoms with Gasteiger partial charge in [-0.05, 0) is 0 Å². The van der Waals surface area contributed by atoms with Crippen molar-refractivity contribution in [3.05, 3.63) is 0 Å². The minimum atomic E-state index is 0. The summed E-state index contributed by atoms with van der Waals surface area (Å²) in [6, 6.07) is 0. The Morgan fingerprint density at radius 3 is 0.286 bits per heavy atom. The molecule has 0 heterocycles. The van der Waals surface area contributed by atoms with Gasteiger partial charge in [0.2, 0.25) is 0 Å². The second-order valence-corrected chi connectivity index (χ2v) is 0. The molecule has 0 saturated carbocycles. The normalized spacial score (nSPS) is 0. The van der Waals surface area contributed by atoms with Gasteiger partial charge in [-0.3, -0.25) is 0 Å². The number of hydrogen-bond donors (Lipinski definition) is 0. The fraction of sp³-hybridized carbons (Fsp3) is 0. The molecule has 0 spiro atoms. The zero-order chi connectivity index (χ0) is 0. The van der Waals surface area contributed by atoms with Gasteiger partial charge in [-0.2, -0.15) is 0 Å². The third-order valence-electron chi connectivity index (χ3n) is 0. The first-order valence-corrected chi connectivity index (χ1v) is 0.